The minimum absolute atomic E-state index is 0.331. The first kappa shape index (κ1) is 23.4. The van der Waals surface area contributed by atoms with E-state index < -0.39 is 12.1 Å². The number of hydrogen-bond acceptors (Lipinski definition) is 4. The van der Waals surface area contributed by atoms with Crippen molar-refractivity contribution in [3.8, 4) is 22.8 Å². The fourth-order valence-electron chi connectivity index (χ4n) is 3.62. The molecule has 0 aliphatic heterocycles. The van der Waals surface area contributed by atoms with E-state index in [4.69, 9.17) is 14.2 Å². The smallest absolute Gasteiger partial charge is 0.333 e. The van der Waals surface area contributed by atoms with Crippen LogP contribution in [0.25, 0.3) is 11.3 Å². The third-order valence-corrected chi connectivity index (χ3v) is 5.23. The zero-order valence-electron chi connectivity index (χ0n) is 18.9. The first-order valence-electron chi connectivity index (χ1n) is 11.0. The maximum absolute atomic E-state index is 11.3. The van der Waals surface area contributed by atoms with Crippen LogP contribution in [0.5, 0.6) is 11.5 Å². The van der Waals surface area contributed by atoms with Gasteiger partial charge < -0.3 is 23.9 Å². The van der Waals surface area contributed by atoms with Gasteiger partial charge in [0.15, 0.2) is 6.10 Å². The Morgan fingerprint density at radius 1 is 0.906 bits per heavy atom. The lowest BCUT2D eigenvalue weighted by molar-refractivity contribution is -0.149. The Kier molecular flexibility index (Phi) is 8.34. The van der Waals surface area contributed by atoms with Crippen molar-refractivity contribution in [1.29, 1.82) is 0 Å². The largest absolute Gasteiger partial charge is 0.494 e. The number of carboxylic acids is 1. The highest BCUT2D eigenvalue weighted by Crippen LogP contribution is 2.25. The zero-order chi connectivity index (χ0) is 22.9. The average Bonchev–Trinajstić information content (AvgIpc) is 3.15. The van der Waals surface area contributed by atoms with Gasteiger partial charge in [-0.25, -0.2) is 4.79 Å². The topological polar surface area (TPSA) is 69.9 Å². The number of aliphatic carboxylic acids is 1. The first-order chi connectivity index (χ1) is 15.5. The highest BCUT2D eigenvalue weighted by Gasteiger charge is 2.17. The second kappa shape index (κ2) is 11.4. The molecule has 0 bridgehead atoms. The number of aryl methyl sites for hydroxylation is 1. The van der Waals surface area contributed by atoms with E-state index in [2.05, 4.69) is 35.8 Å². The molecule has 1 N–H and O–H groups in total. The predicted molar refractivity (Wildman–Crippen MR) is 124 cm³/mol. The van der Waals surface area contributed by atoms with Crippen molar-refractivity contribution in [2.75, 3.05) is 19.8 Å². The third-order valence-electron chi connectivity index (χ3n) is 5.23. The summed E-state index contributed by atoms with van der Waals surface area (Å²) in [7, 11) is 0. The number of benzene rings is 2. The quantitative estimate of drug-likeness (QED) is 0.433. The van der Waals surface area contributed by atoms with Crippen LogP contribution in [0, 0.1) is 6.92 Å². The van der Waals surface area contributed by atoms with E-state index in [0.717, 1.165) is 28.3 Å². The lowest BCUT2D eigenvalue weighted by atomic mass is 10.1. The van der Waals surface area contributed by atoms with Crippen LogP contribution in [0.2, 0.25) is 0 Å². The second-order valence-electron chi connectivity index (χ2n) is 7.45. The summed E-state index contributed by atoms with van der Waals surface area (Å²) < 4.78 is 19.0. The molecule has 2 aromatic carbocycles. The lowest BCUT2D eigenvalue weighted by Crippen LogP contribution is -2.26. The van der Waals surface area contributed by atoms with Crippen LogP contribution in [0.1, 0.15) is 25.1 Å². The van der Waals surface area contributed by atoms with Gasteiger partial charge in [-0.2, -0.15) is 0 Å². The van der Waals surface area contributed by atoms with Gasteiger partial charge in [0.2, 0.25) is 0 Å². The fraction of sp³-hybridized carbons (Fsp3) is 0.346. The Balaban J connectivity index is 1.59. The molecule has 0 aliphatic rings. The van der Waals surface area contributed by atoms with Gasteiger partial charge in [-0.05, 0) is 80.4 Å². The fourth-order valence-corrected chi connectivity index (χ4v) is 3.62. The minimum atomic E-state index is -0.947. The molecule has 6 nitrogen and oxygen atoms in total. The van der Waals surface area contributed by atoms with Crippen molar-refractivity contribution in [3.05, 3.63) is 71.9 Å². The van der Waals surface area contributed by atoms with Gasteiger partial charge in [0.05, 0.1) is 13.2 Å². The first-order valence-corrected chi connectivity index (χ1v) is 11.0. The van der Waals surface area contributed by atoms with Crippen molar-refractivity contribution >= 4 is 5.97 Å². The molecule has 170 valence electrons. The molecule has 0 aliphatic carbocycles. The zero-order valence-corrected chi connectivity index (χ0v) is 18.9. The van der Waals surface area contributed by atoms with E-state index in [0.29, 0.717) is 32.8 Å². The number of hydrogen-bond donors (Lipinski definition) is 1. The predicted octanol–water partition coefficient (Wildman–Crippen LogP) is 4.97. The lowest BCUT2D eigenvalue weighted by Gasteiger charge is -2.14. The van der Waals surface area contributed by atoms with E-state index in [1.165, 1.54) is 5.69 Å². The summed E-state index contributed by atoms with van der Waals surface area (Å²) in [4.78, 5) is 11.3. The molecule has 6 heteroatoms. The maximum Gasteiger partial charge on any atom is 0.333 e. The number of aromatic nitrogens is 1. The van der Waals surface area contributed by atoms with Crippen molar-refractivity contribution in [1.82, 2.24) is 4.57 Å². The molecule has 0 radical (unpaired) electrons. The van der Waals surface area contributed by atoms with Crippen LogP contribution in [0.15, 0.2) is 60.7 Å². The summed E-state index contributed by atoms with van der Waals surface area (Å²) >= 11 is 0. The summed E-state index contributed by atoms with van der Waals surface area (Å²) in [6.07, 6.45) is -0.498. The molecule has 0 amide bonds. The molecule has 1 heterocycles. The Labute approximate surface area is 189 Å². The maximum atomic E-state index is 11.3. The molecule has 1 aromatic heterocycles. The van der Waals surface area contributed by atoms with Crippen LogP contribution in [-0.2, 0) is 22.5 Å². The molecule has 32 heavy (non-hydrogen) atoms. The highest BCUT2D eigenvalue weighted by atomic mass is 16.5. The monoisotopic (exact) mass is 437 g/mol. The number of carbonyl (C=O) groups is 1. The molecular formula is C26H31NO5. The van der Waals surface area contributed by atoms with Gasteiger partial charge in [0, 0.05) is 24.4 Å². The van der Waals surface area contributed by atoms with E-state index in [1.54, 1.807) is 6.92 Å². The summed E-state index contributed by atoms with van der Waals surface area (Å²) in [5.41, 5.74) is 4.34. The molecule has 0 saturated carbocycles. The molecule has 1 unspecified atom stereocenters. The van der Waals surface area contributed by atoms with Crippen molar-refractivity contribution in [2.24, 2.45) is 0 Å². The molecule has 1 atom stereocenters. The van der Waals surface area contributed by atoms with Crippen molar-refractivity contribution in [2.45, 2.75) is 39.8 Å². The van der Waals surface area contributed by atoms with E-state index in [9.17, 15) is 9.90 Å². The van der Waals surface area contributed by atoms with Crippen LogP contribution >= 0.6 is 0 Å². The molecule has 3 aromatic rings. The summed E-state index contributed by atoms with van der Waals surface area (Å²) in [5.74, 6) is 0.677. The number of carboxylic acid groups (broad SMARTS) is 1. The van der Waals surface area contributed by atoms with Gasteiger partial charge in [0.25, 0.3) is 0 Å². The van der Waals surface area contributed by atoms with E-state index in [1.807, 2.05) is 43.3 Å². The number of ether oxygens (including phenoxy) is 3. The third kappa shape index (κ3) is 6.14. The van der Waals surface area contributed by atoms with Gasteiger partial charge in [-0.1, -0.05) is 12.1 Å². The van der Waals surface area contributed by atoms with Crippen LogP contribution in [0.4, 0.5) is 0 Å². The van der Waals surface area contributed by atoms with Gasteiger partial charge >= 0.3 is 5.97 Å². The molecular weight excluding hydrogens is 406 g/mol. The SMILES string of the molecule is CCOc1ccc(-c2ccc(C)n2CCOc2ccc(CC(OCC)C(=O)O)cc2)cc1. The molecule has 0 spiro atoms. The van der Waals surface area contributed by atoms with Crippen LogP contribution in [0.3, 0.4) is 0 Å². The Morgan fingerprint density at radius 2 is 1.56 bits per heavy atom. The number of rotatable bonds is 12. The van der Waals surface area contributed by atoms with Gasteiger partial charge in [-0.3, -0.25) is 0 Å². The highest BCUT2D eigenvalue weighted by molar-refractivity contribution is 5.72. The Morgan fingerprint density at radius 3 is 2.19 bits per heavy atom. The summed E-state index contributed by atoms with van der Waals surface area (Å²) in [6.45, 7) is 8.12. The molecule has 3 rings (SSSR count). The summed E-state index contributed by atoms with van der Waals surface area (Å²) in [5, 5.41) is 9.23. The van der Waals surface area contributed by atoms with Crippen molar-refractivity contribution < 1.29 is 24.1 Å². The Hall–Kier alpha value is -3.25. The van der Waals surface area contributed by atoms with E-state index in [-0.39, 0.29) is 0 Å². The standard InChI is InChI=1S/C26H31NO5/c1-4-30-22-13-9-21(10-14-22)24-15-6-19(3)27(24)16-17-32-23-11-7-20(8-12-23)18-25(26(28)29)31-5-2/h6-15,25H,4-5,16-18H2,1-3H3,(H,28,29). The average molecular weight is 438 g/mol. The van der Waals surface area contributed by atoms with Crippen molar-refractivity contribution in [3.63, 3.8) is 0 Å². The second-order valence-corrected chi connectivity index (χ2v) is 7.45. The Bertz CT molecular complexity index is 992. The van der Waals surface area contributed by atoms with Gasteiger partial charge in [-0.15, -0.1) is 0 Å². The van der Waals surface area contributed by atoms with Crippen LogP contribution < -0.4 is 9.47 Å². The van der Waals surface area contributed by atoms with Gasteiger partial charge in [0.1, 0.15) is 18.1 Å². The minimum Gasteiger partial charge on any atom is -0.494 e. The number of nitrogens with zero attached hydrogens (tertiary/aromatic N) is 1. The van der Waals surface area contributed by atoms with E-state index >= 15 is 0 Å². The molecule has 0 saturated heterocycles. The van der Waals surface area contributed by atoms with Crippen LogP contribution in [-0.4, -0.2) is 41.6 Å². The normalized spacial score (nSPS) is 11.8. The molecule has 0 fully saturated rings. The summed E-state index contributed by atoms with van der Waals surface area (Å²) in [6, 6.07) is 19.9.